The molecule has 0 aromatic carbocycles. The maximum Gasteiger partial charge on any atom is 0.231 e. The number of hydrogen-bond donors (Lipinski definition) is 1. The third-order valence-corrected chi connectivity index (χ3v) is 2.42. The Kier molecular flexibility index (Phi) is 4.01. The first kappa shape index (κ1) is 10.6. The van der Waals surface area contributed by atoms with Gasteiger partial charge in [0, 0.05) is 7.05 Å². The third kappa shape index (κ3) is 3.11. The minimum atomic E-state index is -0.101. The molecule has 1 N–H and O–H groups in total. The topological polar surface area (TPSA) is 59.8 Å². The molecule has 5 nitrogen and oxygen atoms in total. The van der Waals surface area contributed by atoms with Gasteiger partial charge < -0.3 is 5.32 Å². The summed E-state index contributed by atoms with van der Waals surface area (Å²) in [4.78, 5) is 15.1. The van der Waals surface area contributed by atoms with Crippen LogP contribution in [0.15, 0.2) is 11.5 Å². The molecule has 0 saturated carbocycles. The first-order chi connectivity index (χ1) is 6.74. The minimum Gasteiger partial charge on any atom is -0.344 e. The lowest BCUT2D eigenvalue weighted by Gasteiger charge is -2.00. The fourth-order valence-corrected chi connectivity index (χ4v) is 1.46. The van der Waals surface area contributed by atoms with Crippen molar-refractivity contribution in [3.8, 4) is 12.3 Å². The minimum absolute atomic E-state index is 0.101. The Morgan fingerprint density at radius 3 is 3.21 bits per heavy atom. The van der Waals surface area contributed by atoms with E-state index < -0.39 is 0 Å². The van der Waals surface area contributed by atoms with Gasteiger partial charge in [0.1, 0.15) is 6.33 Å². The molecular formula is C8H10N4OS. The zero-order valence-corrected chi connectivity index (χ0v) is 8.54. The fourth-order valence-electron chi connectivity index (χ4n) is 0.747. The van der Waals surface area contributed by atoms with Gasteiger partial charge in [-0.15, -0.1) is 6.42 Å². The van der Waals surface area contributed by atoms with Gasteiger partial charge >= 0.3 is 0 Å². The van der Waals surface area contributed by atoms with Crippen LogP contribution < -0.4 is 5.32 Å². The molecule has 0 saturated heterocycles. The standard InChI is InChI=1S/C8H10N4OS/c1-3-4-9-7(13)5-14-8-10-6-11-12(8)2/h1,6H,4-5H2,2H3,(H,9,13). The van der Waals surface area contributed by atoms with Crippen LogP contribution in [0.2, 0.25) is 0 Å². The number of terminal acetylenes is 1. The zero-order chi connectivity index (χ0) is 10.4. The lowest BCUT2D eigenvalue weighted by atomic mass is 10.6. The maximum atomic E-state index is 11.1. The molecule has 6 heteroatoms. The second kappa shape index (κ2) is 5.29. The van der Waals surface area contributed by atoms with Gasteiger partial charge in [-0.3, -0.25) is 4.79 Å². The predicted octanol–water partition coefficient (Wildman–Crippen LogP) is -0.343. The van der Waals surface area contributed by atoms with Gasteiger partial charge in [-0.05, 0) is 0 Å². The van der Waals surface area contributed by atoms with Crippen LogP contribution >= 0.6 is 11.8 Å². The van der Waals surface area contributed by atoms with Crippen molar-refractivity contribution in [2.24, 2.45) is 7.05 Å². The second-order valence-corrected chi connectivity index (χ2v) is 3.38. The van der Waals surface area contributed by atoms with Crippen molar-refractivity contribution >= 4 is 17.7 Å². The summed E-state index contributed by atoms with van der Waals surface area (Å²) in [6, 6.07) is 0. The van der Waals surface area contributed by atoms with Crippen molar-refractivity contribution in [2.45, 2.75) is 5.16 Å². The van der Waals surface area contributed by atoms with Crippen molar-refractivity contribution in [3.63, 3.8) is 0 Å². The highest BCUT2D eigenvalue weighted by Crippen LogP contribution is 2.11. The lowest BCUT2D eigenvalue weighted by molar-refractivity contribution is -0.118. The molecule has 0 spiro atoms. The molecule has 74 valence electrons. The Bertz CT molecular complexity index is 354. The molecule has 0 bridgehead atoms. The molecule has 1 aromatic heterocycles. The van der Waals surface area contributed by atoms with E-state index in [4.69, 9.17) is 6.42 Å². The van der Waals surface area contributed by atoms with Gasteiger partial charge in [0.2, 0.25) is 5.91 Å². The van der Waals surface area contributed by atoms with E-state index in [9.17, 15) is 4.79 Å². The molecule has 0 fully saturated rings. The number of aromatic nitrogens is 3. The number of nitrogens with zero attached hydrogens (tertiary/aromatic N) is 3. The smallest absolute Gasteiger partial charge is 0.231 e. The number of rotatable bonds is 4. The van der Waals surface area contributed by atoms with E-state index in [0.717, 1.165) is 0 Å². The highest BCUT2D eigenvalue weighted by molar-refractivity contribution is 7.99. The molecule has 1 aromatic rings. The van der Waals surface area contributed by atoms with Gasteiger partial charge in [0.05, 0.1) is 12.3 Å². The Hall–Kier alpha value is -1.48. The van der Waals surface area contributed by atoms with Crippen molar-refractivity contribution in [2.75, 3.05) is 12.3 Å². The van der Waals surface area contributed by atoms with Gasteiger partial charge in [0.25, 0.3) is 0 Å². The number of aryl methyl sites for hydroxylation is 1. The summed E-state index contributed by atoms with van der Waals surface area (Å²) in [7, 11) is 1.77. The average molecular weight is 210 g/mol. The summed E-state index contributed by atoms with van der Waals surface area (Å²) in [6.45, 7) is 0.262. The summed E-state index contributed by atoms with van der Waals surface area (Å²) in [5.41, 5.74) is 0. The van der Waals surface area contributed by atoms with Crippen molar-refractivity contribution in [1.82, 2.24) is 20.1 Å². The summed E-state index contributed by atoms with van der Waals surface area (Å²) in [5, 5.41) is 7.15. The Balaban J connectivity index is 2.31. The van der Waals surface area contributed by atoms with E-state index in [0.29, 0.717) is 10.9 Å². The van der Waals surface area contributed by atoms with Crippen LogP contribution in [0.5, 0.6) is 0 Å². The van der Waals surface area contributed by atoms with Crippen LogP contribution in [-0.2, 0) is 11.8 Å². The van der Waals surface area contributed by atoms with Gasteiger partial charge in [-0.1, -0.05) is 17.7 Å². The first-order valence-corrected chi connectivity index (χ1v) is 4.89. The SMILES string of the molecule is C#CCNC(=O)CSc1ncnn1C. The van der Waals surface area contributed by atoms with Crippen LogP contribution in [0.1, 0.15) is 0 Å². The van der Waals surface area contributed by atoms with E-state index in [1.54, 1.807) is 11.7 Å². The van der Waals surface area contributed by atoms with E-state index in [1.165, 1.54) is 18.1 Å². The normalized spacial score (nSPS) is 9.43. The number of amides is 1. The predicted molar refractivity (Wildman–Crippen MR) is 53.6 cm³/mol. The highest BCUT2D eigenvalue weighted by atomic mass is 32.2. The van der Waals surface area contributed by atoms with Crippen molar-refractivity contribution in [3.05, 3.63) is 6.33 Å². The van der Waals surface area contributed by atoms with Gasteiger partial charge in [-0.25, -0.2) is 9.67 Å². The quantitative estimate of drug-likeness (QED) is 0.545. The van der Waals surface area contributed by atoms with Crippen molar-refractivity contribution in [1.29, 1.82) is 0 Å². The number of nitrogens with one attached hydrogen (secondary N) is 1. The maximum absolute atomic E-state index is 11.1. The molecule has 0 atom stereocenters. The van der Waals surface area contributed by atoms with Crippen LogP contribution in [0.3, 0.4) is 0 Å². The lowest BCUT2D eigenvalue weighted by Crippen LogP contribution is -2.25. The molecule has 0 aliphatic rings. The first-order valence-electron chi connectivity index (χ1n) is 3.91. The monoisotopic (exact) mass is 210 g/mol. The van der Waals surface area contributed by atoms with Gasteiger partial charge in [0.15, 0.2) is 5.16 Å². The molecule has 0 unspecified atom stereocenters. The van der Waals surface area contributed by atoms with Crippen LogP contribution in [0, 0.1) is 12.3 Å². The molecule has 0 aliphatic carbocycles. The Morgan fingerprint density at radius 1 is 1.86 bits per heavy atom. The zero-order valence-electron chi connectivity index (χ0n) is 7.73. The molecule has 1 rings (SSSR count). The number of carbonyl (C=O) groups is 1. The van der Waals surface area contributed by atoms with E-state index in [2.05, 4.69) is 21.3 Å². The van der Waals surface area contributed by atoms with Gasteiger partial charge in [-0.2, -0.15) is 5.10 Å². The van der Waals surface area contributed by atoms with Crippen LogP contribution in [-0.4, -0.2) is 33.0 Å². The summed E-state index contributed by atoms with van der Waals surface area (Å²) in [5.74, 6) is 2.53. The van der Waals surface area contributed by atoms with Crippen LogP contribution in [0.4, 0.5) is 0 Å². The second-order valence-electron chi connectivity index (χ2n) is 2.44. The molecule has 0 radical (unpaired) electrons. The highest BCUT2D eigenvalue weighted by Gasteiger charge is 2.05. The van der Waals surface area contributed by atoms with E-state index in [-0.39, 0.29) is 12.5 Å². The summed E-state index contributed by atoms with van der Waals surface area (Å²) < 4.78 is 1.61. The molecule has 1 amide bonds. The summed E-state index contributed by atoms with van der Waals surface area (Å²) >= 11 is 1.32. The largest absolute Gasteiger partial charge is 0.344 e. The average Bonchev–Trinajstić information content (AvgIpc) is 2.58. The summed E-state index contributed by atoms with van der Waals surface area (Å²) in [6.07, 6.45) is 6.44. The van der Waals surface area contributed by atoms with Crippen LogP contribution in [0.25, 0.3) is 0 Å². The fraction of sp³-hybridized carbons (Fsp3) is 0.375. The number of hydrogen-bond acceptors (Lipinski definition) is 4. The number of thioether (sulfide) groups is 1. The third-order valence-electron chi connectivity index (χ3n) is 1.39. The molecule has 0 aliphatic heterocycles. The molecule has 14 heavy (non-hydrogen) atoms. The Labute approximate surface area is 86.3 Å². The molecule has 1 heterocycles. The van der Waals surface area contributed by atoms with Crippen molar-refractivity contribution < 1.29 is 4.79 Å². The number of carbonyl (C=O) groups excluding carboxylic acids is 1. The molecular weight excluding hydrogens is 200 g/mol. The van der Waals surface area contributed by atoms with E-state index in [1.807, 2.05) is 0 Å². The Morgan fingerprint density at radius 2 is 2.64 bits per heavy atom. The van der Waals surface area contributed by atoms with E-state index >= 15 is 0 Å².